The minimum Gasteiger partial charge on any atom is -0.346 e. The van der Waals surface area contributed by atoms with Gasteiger partial charge in [-0.2, -0.15) is 0 Å². The number of carbonyl (C=O) groups excluding carboxylic acids is 3. The van der Waals surface area contributed by atoms with E-state index in [4.69, 9.17) is 0 Å². The van der Waals surface area contributed by atoms with Crippen molar-refractivity contribution >= 4 is 17.7 Å². The first-order chi connectivity index (χ1) is 29.2. The molecule has 354 valence electrons. The van der Waals surface area contributed by atoms with Crippen molar-refractivity contribution in [1.82, 2.24) is 19.6 Å². The van der Waals surface area contributed by atoms with Gasteiger partial charge >= 0.3 is 0 Å². The van der Waals surface area contributed by atoms with Crippen molar-refractivity contribution < 1.29 is 14.4 Å². The Morgan fingerprint density at radius 3 is 1.13 bits per heavy atom. The Morgan fingerprint density at radius 1 is 0.400 bits per heavy atom. The third-order valence-corrected chi connectivity index (χ3v) is 13.8. The molecule has 0 N–H and O–H groups in total. The Hall–Kier alpha value is -1.63. The minimum atomic E-state index is 0.308. The first-order valence-corrected chi connectivity index (χ1v) is 26.7. The average molecular weight is 845 g/mol. The quantitative estimate of drug-likeness (QED) is 0.0574. The highest BCUT2D eigenvalue weighted by Crippen LogP contribution is 2.24. The summed E-state index contributed by atoms with van der Waals surface area (Å²) in [5, 5.41) is 0. The summed E-state index contributed by atoms with van der Waals surface area (Å²) < 4.78 is 0. The summed E-state index contributed by atoms with van der Waals surface area (Å²) in [6.07, 6.45) is 41.5. The van der Waals surface area contributed by atoms with Crippen LogP contribution >= 0.6 is 0 Å². The molecule has 0 atom stereocenters. The third kappa shape index (κ3) is 31.2. The van der Waals surface area contributed by atoms with Crippen LogP contribution in [0.5, 0.6) is 0 Å². The second kappa shape index (κ2) is 40.2. The van der Waals surface area contributed by atoms with Gasteiger partial charge < -0.3 is 19.6 Å². The van der Waals surface area contributed by atoms with E-state index in [1.54, 1.807) is 0 Å². The normalized spacial score (nSPS) is 13.2. The van der Waals surface area contributed by atoms with Crippen molar-refractivity contribution in [2.24, 2.45) is 11.8 Å². The fourth-order valence-electron chi connectivity index (χ4n) is 9.46. The van der Waals surface area contributed by atoms with Crippen molar-refractivity contribution in [3.8, 4) is 0 Å². The van der Waals surface area contributed by atoms with Crippen molar-refractivity contribution in [3.05, 3.63) is 0 Å². The number of amides is 3. The molecule has 0 aromatic rings. The van der Waals surface area contributed by atoms with E-state index in [1.165, 1.54) is 128 Å². The maximum absolute atomic E-state index is 13.4. The van der Waals surface area contributed by atoms with Gasteiger partial charge in [-0.15, -0.1) is 0 Å². The van der Waals surface area contributed by atoms with Crippen LogP contribution in [0.4, 0.5) is 0 Å². The Bertz CT molecular complexity index is 919. The van der Waals surface area contributed by atoms with E-state index in [2.05, 4.69) is 37.5 Å². The maximum Gasteiger partial charge on any atom is 0.223 e. The van der Waals surface area contributed by atoms with Crippen LogP contribution in [-0.2, 0) is 14.4 Å². The zero-order valence-electron chi connectivity index (χ0n) is 41.4. The van der Waals surface area contributed by atoms with Crippen LogP contribution in [0.1, 0.15) is 252 Å². The van der Waals surface area contributed by atoms with Crippen LogP contribution < -0.4 is 0 Å². The summed E-state index contributed by atoms with van der Waals surface area (Å²) in [6, 6.07) is 0. The van der Waals surface area contributed by atoms with Gasteiger partial charge in [-0.25, -0.2) is 0 Å². The Morgan fingerprint density at radius 2 is 0.750 bits per heavy atom. The molecule has 1 aliphatic rings. The largest absolute Gasteiger partial charge is 0.346 e. The van der Waals surface area contributed by atoms with E-state index >= 15 is 0 Å². The SMILES string of the molecule is CCCCCC(CCCCC)CCCN(C)C(=O)CCCCCCCN(CCCCCCCC(=O)N(C)CCCC(CCCCC)CCCCC)C(=O)CCN1CCCC1. The molecule has 0 aromatic heterocycles. The van der Waals surface area contributed by atoms with E-state index < -0.39 is 0 Å². The van der Waals surface area contributed by atoms with Crippen LogP contribution in [0.25, 0.3) is 0 Å². The van der Waals surface area contributed by atoms with Gasteiger partial charge in [0.15, 0.2) is 0 Å². The molecule has 0 spiro atoms. The Balaban J connectivity index is 2.32. The molecule has 1 heterocycles. The molecular formula is C53H104N4O3. The fourth-order valence-corrected chi connectivity index (χ4v) is 9.46. The smallest absolute Gasteiger partial charge is 0.223 e. The summed E-state index contributed by atoms with van der Waals surface area (Å²) >= 11 is 0. The molecule has 0 saturated carbocycles. The first kappa shape index (κ1) is 56.4. The van der Waals surface area contributed by atoms with Crippen LogP contribution in [0.3, 0.4) is 0 Å². The van der Waals surface area contributed by atoms with Crippen molar-refractivity contribution in [1.29, 1.82) is 0 Å². The lowest BCUT2D eigenvalue weighted by atomic mass is 9.91. The standard InChI is InChI=1S/C53H104N4O3/c1-7-11-21-33-49(34-22-12-8-2)37-31-42-54(5)51(58)39-25-17-15-19-27-46-57(53(60)41-48-56-44-29-30-45-56)47-28-20-16-18-26-40-52(59)55(6)43-32-38-50(35-23-13-9-3)36-24-14-10-4/h49-50H,7-48H2,1-6H3. The molecule has 1 saturated heterocycles. The molecule has 0 unspecified atom stereocenters. The molecule has 3 amide bonds. The monoisotopic (exact) mass is 845 g/mol. The van der Waals surface area contributed by atoms with E-state index in [0.29, 0.717) is 37.0 Å². The van der Waals surface area contributed by atoms with Gasteiger partial charge in [0.25, 0.3) is 0 Å². The molecule has 0 radical (unpaired) electrons. The van der Waals surface area contributed by atoms with E-state index in [-0.39, 0.29) is 0 Å². The van der Waals surface area contributed by atoms with Crippen molar-refractivity contribution in [2.45, 2.75) is 252 Å². The lowest BCUT2D eigenvalue weighted by molar-refractivity contribution is -0.132. The third-order valence-electron chi connectivity index (χ3n) is 13.8. The van der Waals surface area contributed by atoms with E-state index in [1.807, 2.05) is 23.9 Å². The number of rotatable bonds is 43. The number of carbonyl (C=O) groups is 3. The number of hydrogen-bond donors (Lipinski definition) is 0. The molecule has 7 heteroatoms. The lowest BCUT2D eigenvalue weighted by Crippen LogP contribution is -2.35. The van der Waals surface area contributed by atoms with Gasteiger partial charge in [0.2, 0.25) is 17.7 Å². The fraction of sp³-hybridized carbons (Fsp3) is 0.943. The van der Waals surface area contributed by atoms with Crippen molar-refractivity contribution in [2.75, 3.05) is 59.9 Å². The van der Waals surface area contributed by atoms with Crippen LogP contribution in [-0.4, -0.2) is 97.2 Å². The van der Waals surface area contributed by atoms with Gasteiger partial charge in [0, 0.05) is 66.1 Å². The molecule has 1 aliphatic heterocycles. The number of nitrogens with zero attached hydrogens (tertiary/aromatic N) is 4. The first-order valence-electron chi connectivity index (χ1n) is 26.7. The second-order valence-electron chi connectivity index (χ2n) is 19.3. The van der Waals surface area contributed by atoms with Crippen molar-refractivity contribution in [3.63, 3.8) is 0 Å². The van der Waals surface area contributed by atoms with E-state index in [9.17, 15) is 14.4 Å². The summed E-state index contributed by atoms with van der Waals surface area (Å²) in [5.74, 6) is 2.61. The Labute approximate surface area is 374 Å². The van der Waals surface area contributed by atoms with Crippen LogP contribution in [0.2, 0.25) is 0 Å². The number of hydrogen-bond acceptors (Lipinski definition) is 4. The lowest BCUT2D eigenvalue weighted by Gasteiger charge is -2.24. The number of likely N-dealkylation sites (tertiary alicyclic amines) is 1. The summed E-state index contributed by atoms with van der Waals surface area (Å²) in [4.78, 5) is 47.7. The van der Waals surface area contributed by atoms with Gasteiger partial charge in [-0.1, -0.05) is 169 Å². The van der Waals surface area contributed by atoms with Gasteiger partial charge in [-0.3, -0.25) is 14.4 Å². The molecule has 0 aromatic carbocycles. The molecule has 60 heavy (non-hydrogen) atoms. The topological polar surface area (TPSA) is 64.2 Å². The predicted octanol–water partition coefficient (Wildman–Crippen LogP) is 14.0. The van der Waals surface area contributed by atoms with Crippen LogP contribution in [0.15, 0.2) is 0 Å². The van der Waals surface area contributed by atoms with Gasteiger partial charge in [0.1, 0.15) is 0 Å². The van der Waals surface area contributed by atoms with Gasteiger partial charge in [0.05, 0.1) is 0 Å². The highest BCUT2D eigenvalue weighted by molar-refractivity contribution is 5.76. The Kier molecular flexibility index (Phi) is 37.7. The zero-order chi connectivity index (χ0) is 43.9. The molecule has 7 nitrogen and oxygen atoms in total. The molecule has 1 rings (SSSR count). The predicted molar refractivity (Wildman–Crippen MR) is 260 cm³/mol. The number of unbranched alkanes of at least 4 members (excludes halogenated alkanes) is 16. The van der Waals surface area contributed by atoms with Gasteiger partial charge in [-0.05, 0) is 89.1 Å². The zero-order valence-corrected chi connectivity index (χ0v) is 41.4. The molecule has 1 fully saturated rings. The molecule has 0 aliphatic carbocycles. The van der Waals surface area contributed by atoms with Crippen LogP contribution in [0, 0.1) is 11.8 Å². The second-order valence-corrected chi connectivity index (χ2v) is 19.3. The summed E-state index contributed by atoms with van der Waals surface area (Å²) in [7, 11) is 4.01. The summed E-state index contributed by atoms with van der Waals surface area (Å²) in [5.41, 5.74) is 0. The molecule has 0 bridgehead atoms. The van der Waals surface area contributed by atoms with E-state index in [0.717, 1.165) is 135 Å². The highest BCUT2D eigenvalue weighted by atomic mass is 16.2. The minimum absolute atomic E-state index is 0.308. The molecular weight excluding hydrogens is 741 g/mol. The maximum atomic E-state index is 13.4. The summed E-state index contributed by atoms with van der Waals surface area (Å²) in [6.45, 7) is 15.9. The average Bonchev–Trinajstić information content (AvgIpc) is 3.77. The highest BCUT2D eigenvalue weighted by Gasteiger charge is 2.18.